The number of anilines is 1. The smallest absolute Gasteiger partial charge is 0.166 e. The second-order valence-corrected chi connectivity index (χ2v) is 7.43. The fraction of sp³-hybridized carbons (Fsp3) is 0.476. The molecule has 0 unspecified atom stereocenters. The van der Waals surface area contributed by atoms with Gasteiger partial charge < -0.3 is 20.7 Å². The maximum atomic E-state index is 10.1. The monoisotopic (exact) mass is 382 g/mol. The maximum absolute atomic E-state index is 10.1. The van der Waals surface area contributed by atoms with Crippen molar-refractivity contribution in [1.82, 2.24) is 19.5 Å². The van der Waals surface area contributed by atoms with Crippen molar-refractivity contribution in [1.29, 1.82) is 0 Å². The predicted molar refractivity (Wildman–Crippen MR) is 112 cm³/mol. The second kappa shape index (κ2) is 9.12. The number of nitrogens with zero attached hydrogens (tertiary/aromatic N) is 4. The number of nitrogens with one attached hydrogen (secondary N) is 1. The molecule has 2 heterocycles. The van der Waals surface area contributed by atoms with Gasteiger partial charge in [-0.15, -0.1) is 0 Å². The third-order valence-corrected chi connectivity index (χ3v) is 4.91. The van der Waals surface area contributed by atoms with E-state index in [-0.39, 0.29) is 12.0 Å². The molecule has 150 valence electrons. The summed E-state index contributed by atoms with van der Waals surface area (Å²) in [5.74, 6) is 0.927. The Hall–Kier alpha value is -2.51. The Balaban J connectivity index is 2.02. The van der Waals surface area contributed by atoms with E-state index in [1.807, 2.05) is 22.8 Å². The molecule has 0 aliphatic carbocycles. The number of hydrogen-bond donors (Lipinski definition) is 3. The molecule has 0 amide bonds. The fourth-order valence-electron chi connectivity index (χ4n) is 3.26. The highest BCUT2D eigenvalue weighted by molar-refractivity contribution is 5.83. The molecule has 0 saturated carbocycles. The number of imidazole rings is 1. The summed E-state index contributed by atoms with van der Waals surface area (Å²) in [4.78, 5) is 14.0. The third kappa shape index (κ3) is 4.48. The first-order valence-electron chi connectivity index (χ1n) is 9.97. The summed E-state index contributed by atoms with van der Waals surface area (Å²) in [5, 5.41) is 13.5. The van der Waals surface area contributed by atoms with E-state index in [9.17, 15) is 5.11 Å². The fourth-order valence-corrected chi connectivity index (χ4v) is 3.26. The van der Waals surface area contributed by atoms with E-state index in [0.29, 0.717) is 18.2 Å². The molecule has 0 radical (unpaired) electrons. The lowest BCUT2D eigenvalue weighted by molar-refractivity contribution is 0.140. The van der Waals surface area contributed by atoms with E-state index >= 15 is 0 Å². The van der Waals surface area contributed by atoms with Gasteiger partial charge >= 0.3 is 0 Å². The van der Waals surface area contributed by atoms with Crippen molar-refractivity contribution in [2.45, 2.75) is 64.8 Å². The number of nitrogens with two attached hydrogens (primary N) is 1. The largest absolute Gasteiger partial charge is 0.378 e. The van der Waals surface area contributed by atoms with Gasteiger partial charge in [0.15, 0.2) is 11.5 Å². The highest BCUT2D eigenvalue weighted by Crippen LogP contribution is 2.28. The lowest BCUT2D eigenvalue weighted by Crippen LogP contribution is -2.29. The molecule has 0 fully saturated rings. The van der Waals surface area contributed by atoms with Crippen LogP contribution in [0.3, 0.4) is 0 Å². The molecule has 28 heavy (non-hydrogen) atoms. The van der Waals surface area contributed by atoms with Gasteiger partial charge in [0.2, 0.25) is 0 Å². The van der Waals surface area contributed by atoms with Crippen molar-refractivity contribution in [3.8, 4) is 0 Å². The Morgan fingerprint density at radius 3 is 2.57 bits per heavy atom. The maximum Gasteiger partial charge on any atom is 0.166 e. The van der Waals surface area contributed by atoms with Crippen LogP contribution in [0.15, 0.2) is 36.7 Å². The van der Waals surface area contributed by atoms with Gasteiger partial charge in [0.05, 0.1) is 12.2 Å². The number of hydrogen-bond acceptors (Lipinski definition) is 6. The van der Waals surface area contributed by atoms with Crippen LogP contribution in [-0.4, -0.2) is 30.9 Å². The standard InChI is InChI=1S/C21H30N6O/c1-4-5-11-16(18(22)28)19-25-20(23-12-15-9-7-6-8-10-15)17-21(26-19)27(13-24-17)14(2)3/h6-10,13-14,16,18,28H,4-5,11-12,22H2,1-3H3,(H,23,25,26)/t16-,18-/m1/s1. The average molecular weight is 383 g/mol. The van der Waals surface area contributed by atoms with E-state index in [1.54, 1.807) is 6.33 Å². The number of aliphatic hydroxyl groups excluding tert-OH is 1. The summed E-state index contributed by atoms with van der Waals surface area (Å²) in [6.07, 6.45) is 3.52. The van der Waals surface area contributed by atoms with Crippen molar-refractivity contribution in [3.05, 3.63) is 48.0 Å². The minimum absolute atomic E-state index is 0.214. The van der Waals surface area contributed by atoms with Crippen LogP contribution in [0.2, 0.25) is 0 Å². The van der Waals surface area contributed by atoms with E-state index < -0.39 is 6.23 Å². The Kier molecular flexibility index (Phi) is 6.59. The summed E-state index contributed by atoms with van der Waals surface area (Å²) in [5.41, 5.74) is 8.52. The lowest BCUT2D eigenvalue weighted by atomic mass is 9.99. The van der Waals surface area contributed by atoms with E-state index in [0.717, 1.165) is 36.0 Å². The molecule has 7 heteroatoms. The van der Waals surface area contributed by atoms with Gasteiger partial charge in [0.25, 0.3) is 0 Å². The molecule has 0 spiro atoms. The van der Waals surface area contributed by atoms with Crippen LogP contribution in [-0.2, 0) is 6.54 Å². The molecular formula is C21H30N6O. The quantitative estimate of drug-likeness (QED) is 0.489. The molecule has 3 rings (SSSR count). The number of aliphatic hydroxyl groups is 1. The number of aromatic nitrogens is 4. The minimum atomic E-state index is -0.999. The second-order valence-electron chi connectivity index (χ2n) is 7.43. The Labute approximate surface area is 166 Å². The summed E-state index contributed by atoms with van der Waals surface area (Å²) < 4.78 is 2.02. The number of rotatable bonds is 9. The first-order chi connectivity index (χ1) is 13.5. The van der Waals surface area contributed by atoms with Crippen molar-refractivity contribution < 1.29 is 5.11 Å². The van der Waals surface area contributed by atoms with Crippen LogP contribution >= 0.6 is 0 Å². The zero-order valence-corrected chi connectivity index (χ0v) is 16.8. The van der Waals surface area contributed by atoms with E-state index in [2.05, 4.69) is 43.2 Å². The van der Waals surface area contributed by atoms with Crippen LogP contribution in [0.4, 0.5) is 5.82 Å². The molecule has 0 aliphatic heterocycles. The number of unbranched alkanes of at least 4 members (excludes halogenated alkanes) is 1. The molecule has 3 aromatic rings. The minimum Gasteiger partial charge on any atom is -0.378 e. The topological polar surface area (TPSA) is 102 Å². The molecule has 1 aromatic carbocycles. The molecular weight excluding hydrogens is 352 g/mol. The van der Waals surface area contributed by atoms with Crippen LogP contribution in [0.25, 0.3) is 11.2 Å². The van der Waals surface area contributed by atoms with Gasteiger partial charge in [-0.05, 0) is 25.8 Å². The van der Waals surface area contributed by atoms with Crippen LogP contribution < -0.4 is 11.1 Å². The molecule has 0 bridgehead atoms. The van der Waals surface area contributed by atoms with Gasteiger partial charge in [-0.25, -0.2) is 15.0 Å². The first-order valence-corrected chi connectivity index (χ1v) is 9.97. The molecule has 2 atom stereocenters. The van der Waals surface area contributed by atoms with Gasteiger partial charge in [-0.2, -0.15) is 0 Å². The van der Waals surface area contributed by atoms with Crippen molar-refractivity contribution in [3.63, 3.8) is 0 Å². The average Bonchev–Trinajstić information content (AvgIpc) is 3.11. The Bertz CT molecular complexity index is 891. The molecule has 0 saturated heterocycles. The predicted octanol–water partition coefficient (Wildman–Crippen LogP) is 3.57. The molecule has 4 N–H and O–H groups in total. The lowest BCUT2D eigenvalue weighted by Gasteiger charge is -2.20. The molecule has 2 aromatic heterocycles. The zero-order chi connectivity index (χ0) is 20.1. The molecule has 0 aliphatic rings. The van der Waals surface area contributed by atoms with Gasteiger partial charge in [-0.3, -0.25) is 0 Å². The highest BCUT2D eigenvalue weighted by atomic mass is 16.3. The highest BCUT2D eigenvalue weighted by Gasteiger charge is 2.24. The SMILES string of the molecule is CCCC[C@@H](c1nc(NCc2ccccc2)c2ncn(C(C)C)c2n1)[C@H](N)O. The molecule has 7 nitrogen and oxygen atoms in total. The summed E-state index contributed by atoms with van der Waals surface area (Å²) >= 11 is 0. The Morgan fingerprint density at radius 2 is 1.93 bits per heavy atom. The van der Waals surface area contributed by atoms with Gasteiger partial charge in [0.1, 0.15) is 17.6 Å². The number of fused-ring (bicyclic) bond motifs is 1. The van der Waals surface area contributed by atoms with Crippen LogP contribution in [0.1, 0.15) is 63.4 Å². The summed E-state index contributed by atoms with van der Waals surface area (Å²) in [7, 11) is 0. The van der Waals surface area contributed by atoms with E-state index in [4.69, 9.17) is 15.7 Å². The zero-order valence-electron chi connectivity index (χ0n) is 16.8. The van der Waals surface area contributed by atoms with Crippen LogP contribution in [0.5, 0.6) is 0 Å². The van der Waals surface area contributed by atoms with Gasteiger partial charge in [-0.1, -0.05) is 50.1 Å². The third-order valence-electron chi connectivity index (χ3n) is 4.91. The van der Waals surface area contributed by atoms with E-state index in [1.165, 1.54) is 0 Å². The van der Waals surface area contributed by atoms with Gasteiger partial charge in [0, 0.05) is 12.6 Å². The Morgan fingerprint density at radius 1 is 1.18 bits per heavy atom. The summed E-state index contributed by atoms with van der Waals surface area (Å²) in [6.45, 7) is 6.93. The van der Waals surface area contributed by atoms with Crippen LogP contribution in [0, 0.1) is 0 Å². The van der Waals surface area contributed by atoms with Crippen molar-refractivity contribution >= 4 is 17.0 Å². The summed E-state index contributed by atoms with van der Waals surface area (Å²) in [6, 6.07) is 10.4. The number of benzene rings is 1. The normalized spacial score (nSPS) is 13.8. The first kappa shape index (κ1) is 20.2. The van der Waals surface area contributed by atoms with Crippen molar-refractivity contribution in [2.75, 3.05) is 5.32 Å². The van der Waals surface area contributed by atoms with Crippen molar-refractivity contribution in [2.24, 2.45) is 5.73 Å².